The SMILES string of the molecule is CCC(C)c1ccc(COC(=O)C(OC(OC)C(C)C)(C(F)(F)F)C(F)(F)F)cc1. The van der Waals surface area contributed by atoms with Crippen LogP contribution in [0.3, 0.4) is 0 Å². The molecule has 1 aromatic rings. The van der Waals surface area contributed by atoms with E-state index in [0.717, 1.165) is 19.1 Å². The van der Waals surface area contributed by atoms with Crippen LogP contribution >= 0.6 is 0 Å². The lowest BCUT2D eigenvalue weighted by atomic mass is 9.98. The third-order valence-corrected chi connectivity index (χ3v) is 4.69. The second kappa shape index (κ2) is 10.00. The molecule has 1 rings (SSSR count). The van der Waals surface area contributed by atoms with E-state index in [0.29, 0.717) is 0 Å². The minimum absolute atomic E-state index is 0.222. The molecule has 0 spiro atoms. The van der Waals surface area contributed by atoms with E-state index in [1.807, 2.05) is 13.8 Å². The molecule has 0 bridgehead atoms. The van der Waals surface area contributed by atoms with Gasteiger partial charge in [-0.15, -0.1) is 0 Å². The standard InChI is InChI=1S/C20H26F6O4/c1-6-13(4)15-9-7-14(8-10-15)11-29-17(27)18(19(21,22)23,20(24,25)26)30-16(28-5)12(2)3/h7-10,12-13,16H,6,11H2,1-5H3. The van der Waals surface area contributed by atoms with Crippen molar-refractivity contribution in [3.8, 4) is 0 Å². The third-order valence-electron chi connectivity index (χ3n) is 4.69. The molecule has 0 heterocycles. The van der Waals surface area contributed by atoms with Crippen molar-refractivity contribution in [1.29, 1.82) is 0 Å². The molecule has 1 aromatic carbocycles. The van der Waals surface area contributed by atoms with E-state index in [-0.39, 0.29) is 11.5 Å². The van der Waals surface area contributed by atoms with Gasteiger partial charge in [0.1, 0.15) is 6.61 Å². The normalized spacial score (nSPS) is 15.2. The average Bonchev–Trinajstić information content (AvgIpc) is 2.64. The van der Waals surface area contributed by atoms with E-state index >= 15 is 0 Å². The Morgan fingerprint density at radius 3 is 1.83 bits per heavy atom. The van der Waals surface area contributed by atoms with Crippen molar-refractivity contribution in [3.63, 3.8) is 0 Å². The molecule has 0 saturated carbocycles. The van der Waals surface area contributed by atoms with Crippen LogP contribution in [0.4, 0.5) is 26.3 Å². The highest BCUT2D eigenvalue weighted by Gasteiger charge is 2.79. The topological polar surface area (TPSA) is 44.8 Å². The van der Waals surface area contributed by atoms with Crippen LogP contribution < -0.4 is 0 Å². The molecule has 0 aromatic heterocycles. The largest absolute Gasteiger partial charge is 0.458 e. The van der Waals surface area contributed by atoms with Crippen LogP contribution in [-0.4, -0.2) is 37.3 Å². The zero-order valence-electron chi connectivity index (χ0n) is 17.4. The van der Waals surface area contributed by atoms with Crippen LogP contribution in [-0.2, 0) is 25.6 Å². The maximum absolute atomic E-state index is 13.6. The molecule has 172 valence electrons. The molecule has 4 nitrogen and oxygen atoms in total. The summed E-state index contributed by atoms with van der Waals surface area (Å²) in [5.41, 5.74) is -4.00. The zero-order valence-corrected chi connectivity index (χ0v) is 17.4. The molecule has 2 atom stereocenters. The second-order valence-electron chi connectivity index (χ2n) is 7.27. The van der Waals surface area contributed by atoms with Crippen molar-refractivity contribution in [1.82, 2.24) is 0 Å². The Labute approximate surface area is 171 Å². The Balaban J connectivity index is 3.19. The van der Waals surface area contributed by atoms with Crippen LogP contribution in [0.5, 0.6) is 0 Å². The van der Waals surface area contributed by atoms with Gasteiger partial charge in [0.2, 0.25) is 0 Å². The molecule has 0 fully saturated rings. The van der Waals surface area contributed by atoms with Gasteiger partial charge in [-0.3, -0.25) is 0 Å². The van der Waals surface area contributed by atoms with Crippen molar-refractivity contribution in [3.05, 3.63) is 35.4 Å². The van der Waals surface area contributed by atoms with Gasteiger partial charge in [-0.1, -0.05) is 52.0 Å². The number of carbonyl (C=O) groups is 1. The number of hydrogen-bond acceptors (Lipinski definition) is 4. The quantitative estimate of drug-likeness (QED) is 0.276. The van der Waals surface area contributed by atoms with Gasteiger partial charge in [0.15, 0.2) is 6.29 Å². The first kappa shape index (κ1) is 26.2. The molecule has 2 unspecified atom stereocenters. The predicted molar refractivity (Wildman–Crippen MR) is 96.5 cm³/mol. The summed E-state index contributed by atoms with van der Waals surface area (Å²) in [5.74, 6) is -3.28. The van der Waals surface area contributed by atoms with Gasteiger partial charge in [0.05, 0.1) is 0 Å². The first-order valence-corrected chi connectivity index (χ1v) is 9.31. The Kier molecular flexibility index (Phi) is 8.74. The minimum Gasteiger partial charge on any atom is -0.458 e. The summed E-state index contributed by atoms with van der Waals surface area (Å²) in [5, 5.41) is 0. The summed E-state index contributed by atoms with van der Waals surface area (Å²) in [7, 11) is 0.881. The maximum atomic E-state index is 13.6. The number of carbonyl (C=O) groups excluding carboxylic acids is 1. The van der Waals surface area contributed by atoms with Gasteiger partial charge in [0, 0.05) is 13.0 Å². The molecule has 0 saturated heterocycles. The van der Waals surface area contributed by atoms with Crippen molar-refractivity contribution in [2.75, 3.05) is 7.11 Å². The maximum Gasteiger partial charge on any atom is 0.437 e. The Morgan fingerprint density at radius 1 is 0.967 bits per heavy atom. The van der Waals surface area contributed by atoms with E-state index in [1.54, 1.807) is 12.1 Å². The second-order valence-corrected chi connectivity index (χ2v) is 7.27. The molecular formula is C20H26F6O4. The molecule has 0 aliphatic heterocycles. The van der Waals surface area contributed by atoms with E-state index < -0.39 is 42.7 Å². The van der Waals surface area contributed by atoms with Crippen LogP contribution in [0.1, 0.15) is 51.2 Å². The highest BCUT2D eigenvalue weighted by atomic mass is 19.4. The summed E-state index contributed by atoms with van der Waals surface area (Å²) >= 11 is 0. The number of methoxy groups -OCH3 is 1. The molecule has 0 N–H and O–H groups in total. The smallest absolute Gasteiger partial charge is 0.437 e. The number of alkyl halides is 6. The summed E-state index contributed by atoms with van der Waals surface area (Å²) in [4.78, 5) is 12.2. The van der Waals surface area contributed by atoms with E-state index in [1.165, 1.54) is 26.0 Å². The highest BCUT2D eigenvalue weighted by Crippen LogP contribution is 2.48. The van der Waals surface area contributed by atoms with Gasteiger partial charge >= 0.3 is 23.9 Å². The monoisotopic (exact) mass is 444 g/mol. The van der Waals surface area contributed by atoms with Gasteiger partial charge < -0.3 is 14.2 Å². The van der Waals surface area contributed by atoms with E-state index in [9.17, 15) is 31.1 Å². The Morgan fingerprint density at radius 2 is 1.47 bits per heavy atom. The first-order chi connectivity index (χ1) is 13.7. The number of benzene rings is 1. The fourth-order valence-electron chi connectivity index (χ4n) is 2.63. The Bertz CT molecular complexity index is 668. The molecule has 0 aliphatic rings. The lowest BCUT2D eigenvalue weighted by Crippen LogP contribution is -2.66. The summed E-state index contributed by atoms with van der Waals surface area (Å²) in [6.07, 6.45) is -13.4. The van der Waals surface area contributed by atoms with Gasteiger partial charge in [-0.05, 0) is 23.5 Å². The van der Waals surface area contributed by atoms with E-state index in [2.05, 4.69) is 14.2 Å². The zero-order chi connectivity index (χ0) is 23.3. The van der Waals surface area contributed by atoms with Crippen LogP contribution in [0.15, 0.2) is 24.3 Å². The van der Waals surface area contributed by atoms with Crippen LogP contribution in [0.2, 0.25) is 0 Å². The van der Waals surface area contributed by atoms with Crippen molar-refractivity contribution in [2.45, 2.75) is 70.9 Å². The lowest BCUT2D eigenvalue weighted by Gasteiger charge is -2.37. The number of esters is 1. The molecule has 10 heteroatoms. The minimum atomic E-state index is -6.13. The van der Waals surface area contributed by atoms with Crippen molar-refractivity contribution < 1.29 is 45.3 Å². The molecule has 0 amide bonds. The van der Waals surface area contributed by atoms with Crippen molar-refractivity contribution >= 4 is 5.97 Å². The van der Waals surface area contributed by atoms with E-state index in [4.69, 9.17) is 0 Å². The first-order valence-electron chi connectivity index (χ1n) is 9.31. The van der Waals surface area contributed by atoms with Gasteiger partial charge in [0.25, 0.3) is 0 Å². The van der Waals surface area contributed by atoms with Gasteiger partial charge in [-0.2, -0.15) is 26.3 Å². The number of ether oxygens (including phenoxy) is 3. The lowest BCUT2D eigenvalue weighted by molar-refractivity contribution is -0.398. The third kappa shape index (κ3) is 5.66. The van der Waals surface area contributed by atoms with Crippen LogP contribution in [0, 0.1) is 5.92 Å². The Hall–Kier alpha value is -1.81. The summed E-state index contributed by atoms with van der Waals surface area (Å²) < 4.78 is 94.8. The predicted octanol–water partition coefficient (Wildman–Crippen LogP) is 5.75. The summed E-state index contributed by atoms with van der Waals surface area (Å²) in [6.45, 7) is 5.73. The van der Waals surface area contributed by atoms with Gasteiger partial charge in [-0.25, -0.2) is 4.79 Å². The molecular weight excluding hydrogens is 418 g/mol. The summed E-state index contributed by atoms with van der Waals surface area (Å²) in [6, 6.07) is 6.30. The number of halogens is 6. The van der Waals surface area contributed by atoms with Crippen LogP contribution in [0.25, 0.3) is 0 Å². The fraction of sp³-hybridized carbons (Fsp3) is 0.650. The fourth-order valence-corrected chi connectivity index (χ4v) is 2.63. The highest BCUT2D eigenvalue weighted by molar-refractivity contribution is 5.82. The van der Waals surface area contributed by atoms with Crippen molar-refractivity contribution in [2.24, 2.45) is 5.92 Å². The number of hydrogen-bond donors (Lipinski definition) is 0. The molecule has 0 aliphatic carbocycles. The molecule has 30 heavy (non-hydrogen) atoms. The molecule has 0 radical (unpaired) electrons. The number of rotatable bonds is 9. The average molecular weight is 444 g/mol.